The molecule has 21 heavy (non-hydrogen) atoms. The SMILES string of the molecule is COC(=O)C[C@H](NC(=O)N(C)Cc1csc(C)n1)C(=O)O. The first-order valence-electron chi connectivity index (χ1n) is 6.05. The molecule has 9 heteroatoms. The average Bonchev–Trinajstić information content (AvgIpc) is 2.82. The second kappa shape index (κ2) is 7.58. The molecule has 0 bridgehead atoms. The van der Waals surface area contributed by atoms with Gasteiger partial charge in [0.25, 0.3) is 0 Å². The first-order valence-corrected chi connectivity index (χ1v) is 6.93. The fourth-order valence-corrected chi connectivity index (χ4v) is 2.11. The molecule has 0 fully saturated rings. The Balaban J connectivity index is 2.59. The molecule has 0 spiro atoms. The Morgan fingerprint density at radius 2 is 2.19 bits per heavy atom. The number of urea groups is 1. The van der Waals surface area contributed by atoms with Crippen molar-refractivity contribution in [3.05, 3.63) is 16.1 Å². The van der Waals surface area contributed by atoms with Crippen molar-refractivity contribution in [2.75, 3.05) is 14.2 Å². The van der Waals surface area contributed by atoms with E-state index in [9.17, 15) is 14.4 Å². The number of carboxylic acids is 1. The Morgan fingerprint density at radius 1 is 1.52 bits per heavy atom. The minimum absolute atomic E-state index is 0.251. The number of aromatic nitrogens is 1. The molecule has 2 amide bonds. The van der Waals surface area contributed by atoms with E-state index in [1.807, 2.05) is 12.3 Å². The number of ether oxygens (including phenoxy) is 1. The van der Waals surface area contributed by atoms with Gasteiger partial charge in [0.2, 0.25) is 0 Å². The maximum absolute atomic E-state index is 11.9. The van der Waals surface area contributed by atoms with Crippen molar-refractivity contribution in [2.45, 2.75) is 25.9 Å². The quantitative estimate of drug-likeness (QED) is 0.744. The zero-order valence-corrected chi connectivity index (χ0v) is 12.8. The average molecular weight is 315 g/mol. The molecule has 8 nitrogen and oxygen atoms in total. The van der Waals surface area contributed by atoms with Gasteiger partial charge in [-0.3, -0.25) is 4.79 Å². The lowest BCUT2D eigenvalue weighted by Gasteiger charge is -2.20. The fourth-order valence-electron chi connectivity index (χ4n) is 1.50. The van der Waals surface area contributed by atoms with Crippen molar-refractivity contribution in [1.29, 1.82) is 0 Å². The first kappa shape index (κ1) is 16.9. The number of rotatable bonds is 6. The maximum atomic E-state index is 11.9. The van der Waals surface area contributed by atoms with Gasteiger partial charge in [-0.25, -0.2) is 14.6 Å². The third-order valence-corrected chi connectivity index (χ3v) is 3.43. The number of nitrogens with one attached hydrogen (secondary N) is 1. The molecule has 116 valence electrons. The van der Waals surface area contributed by atoms with Crippen LogP contribution in [0.3, 0.4) is 0 Å². The summed E-state index contributed by atoms with van der Waals surface area (Å²) in [5.74, 6) is -2.01. The van der Waals surface area contributed by atoms with Crippen LogP contribution in [0.4, 0.5) is 4.79 Å². The van der Waals surface area contributed by atoms with E-state index in [0.29, 0.717) is 0 Å². The standard InChI is InChI=1S/C12H17N3O5S/c1-7-13-8(6-21-7)5-15(2)12(19)14-9(11(17)18)4-10(16)20-3/h6,9H,4-5H2,1-3H3,(H,14,19)(H,17,18)/t9-/m0/s1. The molecule has 1 aromatic rings. The molecule has 0 aromatic carbocycles. The van der Waals surface area contributed by atoms with Gasteiger partial charge in [-0.1, -0.05) is 0 Å². The van der Waals surface area contributed by atoms with Crippen LogP contribution in [0.5, 0.6) is 0 Å². The highest BCUT2D eigenvalue weighted by Gasteiger charge is 2.25. The number of hydrogen-bond donors (Lipinski definition) is 2. The van der Waals surface area contributed by atoms with Crippen LogP contribution < -0.4 is 5.32 Å². The Kier molecular flexibility index (Phi) is 6.10. The van der Waals surface area contributed by atoms with Crippen LogP contribution in [0.1, 0.15) is 17.1 Å². The van der Waals surface area contributed by atoms with Gasteiger partial charge < -0.3 is 20.1 Å². The summed E-state index contributed by atoms with van der Waals surface area (Å²) in [7, 11) is 2.67. The molecular weight excluding hydrogens is 298 g/mol. The summed E-state index contributed by atoms with van der Waals surface area (Å²) in [5.41, 5.74) is 0.718. The molecule has 0 aliphatic carbocycles. The molecule has 1 rings (SSSR count). The summed E-state index contributed by atoms with van der Waals surface area (Å²) in [5, 5.41) is 14.0. The van der Waals surface area contributed by atoms with Crippen LogP contribution in [-0.4, -0.2) is 53.2 Å². The lowest BCUT2D eigenvalue weighted by Crippen LogP contribution is -2.47. The second-order valence-corrected chi connectivity index (χ2v) is 5.40. The first-order chi connectivity index (χ1) is 9.83. The molecule has 0 radical (unpaired) electrons. The molecule has 1 atom stereocenters. The summed E-state index contributed by atoms with van der Waals surface area (Å²) in [6.07, 6.45) is -0.429. The zero-order valence-electron chi connectivity index (χ0n) is 12.0. The Labute approximate surface area is 125 Å². The van der Waals surface area contributed by atoms with Crippen molar-refractivity contribution in [3.8, 4) is 0 Å². The Morgan fingerprint density at radius 3 is 2.67 bits per heavy atom. The number of carboxylic acid groups (broad SMARTS) is 1. The van der Waals surface area contributed by atoms with Crippen LogP contribution in [0, 0.1) is 6.92 Å². The van der Waals surface area contributed by atoms with Crippen LogP contribution in [-0.2, 0) is 20.9 Å². The summed E-state index contributed by atoms with van der Waals surface area (Å²) in [4.78, 5) is 39.6. The van der Waals surface area contributed by atoms with Crippen LogP contribution in [0.2, 0.25) is 0 Å². The number of amides is 2. The highest BCUT2D eigenvalue weighted by Crippen LogP contribution is 2.10. The number of thiazole rings is 1. The molecule has 0 aliphatic rings. The van der Waals surface area contributed by atoms with Gasteiger partial charge in [0, 0.05) is 12.4 Å². The van der Waals surface area contributed by atoms with E-state index < -0.39 is 30.4 Å². The van der Waals surface area contributed by atoms with Crippen LogP contribution >= 0.6 is 11.3 Å². The molecule has 0 aliphatic heterocycles. The topological polar surface area (TPSA) is 109 Å². The van der Waals surface area contributed by atoms with E-state index in [-0.39, 0.29) is 6.54 Å². The summed E-state index contributed by atoms with van der Waals surface area (Å²) < 4.78 is 4.40. The number of methoxy groups -OCH3 is 1. The van der Waals surface area contributed by atoms with Crippen molar-refractivity contribution in [3.63, 3.8) is 0 Å². The number of hydrogen-bond acceptors (Lipinski definition) is 6. The largest absolute Gasteiger partial charge is 0.480 e. The number of carbonyl (C=O) groups excluding carboxylic acids is 2. The highest BCUT2D eigenvalue weighted by atomic mass is 32.1. The Bertz CT molecular complexity index is 531. The number of aliphatic carboxylic acids is 1. The van der Waals surface area contributed by atoms with Gasteiger partial charge in [-0.15, -0.1) is 11.3 Å². The molecule has 0 saturated heterocycles. The van der Waals surface area contributed by atoms with Crippen LogP contribution in [0.25, 0.3) is 0 Å². The number of esters is 1. The van der Waals surface area contributed by atoms with E-state index in [1.54, 1.807) is 0 Å². The van der Waals surface area contributed by atoms with Gasteiger partial charge in [0.1, 0.15) is 6.04 Å². The predicted octanol–water partition coefficient (Wildman–Crippen LogP) is 0.609. The summed E-state index contributed by atoms with van der Waals surface area (Å²) in [6, 6.07) is -1.93. The molecule has 1 aromatic heterocycles. The monoisotopic (exact) mass is 315 g/mol. The highest BCUT2D eigenvalue weighted by molar-refractivity contribution is 7.09. The summed E-state index contributed by atoms with van der Waals surface area (Å²) in [6.45, 7) is 2.10. The van der Waals surface area contributed by atoms with Gasteiger partial charge >= 0.3 is 18.0 Å². The second-order valence-electron chi connectivity index (χ2n) is 4.33. The summed E-state index contributed by atoms with van der Waals surface area (Å²) >= 11 is 1.46. The minimum atomic E-state index is -1.33. The fraction of sp³-hybridized carbons (Fsp3) is 0.500. The van der Waals surface area contributed by atoms with Crippen molar-refractivity contribution < 1.29 is 24.2 Å². The van der Waals surface area contributed by atoms with Gasteiger partial charge in [-0.2, -0.15) is 0 Å². The lowest BCUT2D eigenvalue weighted by molar-refractivity contribution is -0.147. The molecular formula is C12H17N3O5S. The van der Waals surface area contributed by atoms with E-state index in [4.69, 9.17) is 5.11 Å². The zero-order chi connectivity index (χ0) is 16.0. The maximum Gasteiger partial charge on any atom is 0.326 e. The smallest absolute Gasteiger partial charge is 0.326 e. The van der Waals surface area contributed by atoms with E-state index in [1.165, 1.54) is 23.3 Å². The number of aryl methyl sites for hydroxylation is 1. The Hall–Kier alpha value is -2.16. The normalized spacial score (nSPS) is 11.6. The van der Waals surface area contributed by atoms with Gasteiger partial charge in [0.05, 0.1) is 30.8 Å². The van der Waals surface area contributed by atoms with Gasteiger partial charge in [0.15, 0.2) is 0 Å². The van der Waals surface area contributed by atoms with Crippen LogP contribution in [0.15, 0.2) is 5.38 Å². The van der Waals surface area contributed by atoms with Crippen molar-refractivity contribution in [2.24, 2.45) is 0 Å². The molecule has 1 heterocycles. The molecule has 0 saturated carbocycles. The molecule has 0 unspecified atom stereocenters. The number of nitrogens with zero attached hydrogens (tertiary/aromatic N) is 2. The third-order valence-electron chi connectivity index (χ3n) is 2.61. The molecule has 2 N–H and O–H groups in total. The number of carbonyl (C=O) groups is 3. The van der Waals surface area contributed by atoms with Crippen molar-refractivity contribution in [1.82, 2.24) is 15.2 Å². The van der Waals surface area contributed by atoms with Crippen molar-refractivity contribution >= 4 is 29.3 Å². The minimum Gasteiger partial charge on any atom is -0.480 e. The van der Waals surface area contributed by atoms with E-state index in [0.717, 1.165) is 17.8 Å². The van der Waals surface area contributed by atoms with E-state index >= 15 is 0 Å². The van der Waals surface area contributed by atoms with E-state index in [2.05, 4.69) is 15.0 Å². The lowest BCUT2D eigenvalue weighted by atomic mass is 10.2. The predicted molar refractivity (Wildman–Crippen MR) is 74.9 cm³/mol. The third kappa shape index (κ3) is 5.38. The van der Waals surface area contributed by atoms with Gasteiger partial charge in [-0.05, 0) is 6.92 Å².